The quantitative estimate of drug-likeness (QED) is 0.793. The summed E-state index contributed by atoms with van der Waals surface area (Å²) in [5.74, 6) is 0.292. The number of aliphatic hydroxyl groups is 1. The highest BCUT2D eigenvalue weighted by Crippen LogP contribution is 2.24. The Labute approximate surface area is 136 Å². The molecule has 0 aromatic carbocycles. The smallest absolute Gasteiger partial charge is 0.223 e. The maximum absolute atomic E-state index is 12.2. The van der Waals surface area contributed by atoms with Gasteiger partial charge in [-0.3, -0.25) is 4.79 Å². The lowest BCUT2D eigenvalue weighted by Crippen LogP contribution is -2.47. The first-order valence-electron chi connectivity index (χ1n) is 8.68. The Morgan fingerprint density at radius 1 is 1.23 bits per heavy atom. The summed E-state index contributed by atoms with van der Waals surface area (Å²) in [5, 5.41) is 13.2. The van der Waals surface area contributed by atoms with Gasteiger partial charge in [-0.15, -0.1) is 0 Å². The zero-order valence-corrected chi connectivity index (χ0v) is 15.4. The van der Waals surface area contributed by atoms with Crippen LogP contribution in [0.15, 0.2) is 0 Å². The van der Waals surface area contributed by atoms with E-state index >= 15 is 0 Å². The largest absolute Gasteiger partial charge is 0.393 e. The van der Waals surface area contributed by atoms with Gasteiger partial charge in [0.05, 0.1) is 6.10 Å². The van der Waals surface area contributed by atoms with Crippen LogP contribution >= 0.6 is 0 Å². The van der Waals surface area contributed by atoms with E-state index in [1.165, 1.54) is 0 Å². The molecule has 0 aliphatic carbocycles. The van der Waals surface area contributed by atoms with Crippen LogP contribution in [0.1, 0.15) is 67.2 Å². The van der Waals surface area contributed by atoms with Crippen molar-refractivity contribution in [2.24, 2.45) is 10.8 Å². The van der Waals surface area contributed by atoms with Crippen LogP contribution in [0.3, 0.4) is 0 Å². The fraction of sp³-hybridized carbons (Fsp3) is 0.944. The van der Waals surface area contributed by atoms with Gasteiger partial charge in [-0.1, -0.05) is 34.6 Å². The molecule has 0 radical (unpaired) electrons. The van der Waals surface area contributed by atoms with Crippen LogP contribution in [0.25, 0.3) is 0 Å². The van der Waals surface area contributed by atoms with Crippen molar-refractivity contribution in [3.63, 3.8) is 0 Å². The van der Waals surface area contributed by atoms with Crippen molar-refractivity contribution < 1.29 is 9.90 Å². The zero-order chi connectivity index (χ0) is 17.0. The molecule has 0 bridgehead atoms. The SMILES string of the molecule is CC(O)CC(C)(C)CNC1CCN(C(=O)CC(C)(C)C)CC1. The first-order chi connectivity index (χ1) is 9.98. The fourth-order valence-corrected chi connectivity index (χ4v) is 3.19. The van der Waals surface area contributed by atoms with Crippen LogP contribution in [0.4, 0.5) is 0 Å². The molecule has 1 unspecified atom stereocenters. The summed E-state index contributed by atoms with van der Waals surface area (Å²) < 4.78 is 0. The van der Waals surface area contributed by atoms with Crippen molar-refractivity contribution in [2.75, 3.05) is 19.6 Å². The lowest BCUT2D eigenvalue weighted by molar-refractivity contribution is -0.134. The van der Waals surface area contributed by atoms with E-state index in [1.807, 2.05) is 11.8 Å². The maximum atomic E-state index is 12.2. The summed E-state index contributed by atoms with van der Waals surface area (Å²) in [6.07, 6.45) is 3.24. The number of piperidine rings is 1. The van der Waals surface area contributed by atoms with Gasteiger partial charge in [0, 0.05) is 32.1 Å². The van der Waals surface area contributed by atoms with Crippen molar-refractivity contribution >= 4 is 5.91 Å². The zero-order valence-electron chi connectivity index (χ0n) is 15.4. The Hall–Kier alpha value is -0.610. The number of nitrogens with zero attached hydrogens (tertiary/aromatic N) is 1. The minimum atomic E-state index is -0.256. The molecule has 0 aromatic heterocycles. The molecule has 130 valence electrons. The number of nitrogens with one attached hydrogen (secondary N) is 1. The molecule has 2 N–H and O–H groups in total. The van der Waals surface area contributed by atoms with Crippen molar-refractivity contribution in [2.45, 2.75) is 79.4 Å². The number of carbonyl (C=O) groups is 1. The highest BCUT2D eigenvalue weighted by molar-refractivity contribution is 5.76. The molecule has 1 atom stereocenters. The normalized spacial score (nSPS) is 19.3. The van der Waals surface area contributed by atoms with Gasteiger partial charge in [0.15, 0.2) is 0 Å². The van der Waals surface area contributed by atoms with E-state index in [0.29, 0.717) is 18.4 Å². The summed E-state index contributed by atoms with van der Waals surface area (Å²) in [5.41, 5.74) is 0.171. The third-order valence-electron chi connectivity index (χ3n) is 4.25. The second-order valence-corrected chi connectivity index (χ2v) is 8.99. The predicted molar refractivity (Wildman–Crippen MR) is 91.8 cm³/mol. The summed E-state index contributed by atoms with van der Waals surface area (Å²) in [7, 11) is 0. The van der Waals surface area contributed by atoms with Crippen LogP contribution in [-0.4, -0.2) is 47.7 Å². The molecule has 0 spiro atoms. The van der Waals surface area contributed by atoms with Crippen molar-refractivity contribution in [3.05, 3.63) is 0 Å². The van der Waals surface area contributed by atoms with E-state index in [4.69, 9.17) is 0 Å². The molecule has 1 aliphatic rings. The van der Waals surface area contributed by atoms with Gasteiger partial charge in [-0.25, -0.2) is 0 Å². The average Bonchev–Trinajstić information content (AvgIpc) is 2.33. The molecule has 4 heteroatoms. The monoisotopic (exact) mass is 312 g/mol. The molecule has 4 nitrogen and oxygen atoms in total. The van der Waals surface area contributed by atoms with E-state index in [9.17, 15) is 9.90 Å². The Morgan fingerprint density at radius 3 is 2.23 bits per heavy atom. The first kappa shape index (κ1) is 19.4. The Kier molecular flexibility index (Phi) is 6.87. The molecule has 1 aliphatic heterocycles. The van der Waals surface area contributed by atoms with Gasteiger partial charge in [-0.05, 0) is 37.0 Å². The second kappa shape index (κ2) is 7.78. The molecule has 1 saturated heterocycles. The molecule has 0 aromatic rings. The third-order valence-corrected chi connectivity index (χ3v) is 4.25. The standard InChI is InChI=1S/C18H36N2O2/c1-14(21)11-18(5,6)13-19-15-7-9-20(10-8-15)16(22)12-17(2,3)4/h14-15,19,21H,7-13H2,1-6H3. The van der Waals surface area contributed by atoms with Crippen molar-refractivity contribution in [1.29, 1.82) is 0 Å². The minimum Gasteiger partial charge on any atom is -0.393 e. The maximum Gasteiger partial charge on any atom is 0.223 e. The molecule has 0 saturated carbocycles. The fourth-order valence-electron chi connectivity index (χ4n) is 3.19. The molecule has 1 amide bonds. The van der Waals surface area contributed by atoms with E-state index in [0.717, 1.165) is 38.9 Å². The highest BCUT2D eigenvalue weighted by atomic mass is 16.3. The van der Waals surface area contributed by atoms with E-state index in [2.05, 4.69) is 39.9 Å². The molecular weight excluding hydrogens is 276 g/mol. The number of carbonyl (C=O) groups excluding carboxylic acids is 1. The topological polar surface area (TPSA) is 52.6 Å². The summed E-state index contributed by atoms with van der Waals surface area (Å²) in [6, 6.07) is 0.493. The van der Waals surface area contributed by atoms with E-state index in [1.54, 1.807) is 0 Å². The number of hydrogen-bond donors (Lipinski definition) is 2. The predicted octanol–water partition coefficient (Wildman–Crippen LogP) is 2.80. The van der Waals surface area contributed by atoms with Gasteiger partial charge >= 0.3 is 0 Å². The minimum absolute atomic E-state index is 0.0667. The van der Waals surface area contributed by atoms with Crippen LogP contribution in [0, 0.1) is 10.8 Å². The van der Waals surface area contributed by atoms with Gasteiger partial charge in [0.2, 0.25) is 5.91 Å². The third kappa shape index (κ3) is 7.59. The molecule has 1 fully saturated rings. The van der Waals surface area contributed by atoms with Crippen molar-refractivity contribution in [1.82, 2.24) is 10.2 Å². The van der Waals surface area contributed by atoms with Gasteiger partial charge < -0.3 is 15.3 Å². The van der Waals surface area contributed by atoms with Gasteiger partial charge in [0.1, 0.15) is 0 Å². The molecule has 22 heavy (non-hydrogen) atoms. The summed E-state index contributed by atoms with van der Waals surface area (Å²) >= 11 is 0. The number of amides is 1. The highest BCUT2D eigenvalue weighted by Gasteiger charge is 2.27. The lowest BCUT2D eigenvalue weighted by Gasteiger charge is -2.36. The Balaban J connectivity index is 2.32. The van der Waals surface area contributed by atoms with Crippen LogP contribution in [0.2, 0.25) is 0 Å². The van der Waals surface area contributed by atoms with E-state index in [-0.39, 0.29) is 16.9 Å². The number of likely N-dealkylation sites (tertiary alicyclic amines) is 1. The van der Waals surface area contributed by atoms with Crippen LogP contribution in [0.5, 0.6) is 0 Å². The number of aliphatic hydroxyl groups excluding tert-OH is 1. The second-order valence-electron chi connectivity index (χ2n) is 8.99. The lowest BCUT2D eigenvalue weighted by atomic mass is 9.86. The Bertz CT molecular complexity index is 351. The summed E-state index contributed by atoms with van der Waals surface area (Å²) in [6.45, 7) is 15.2. The molecule has 1 heterocycles. The Morgan fingerprint density at radius 2 is 1.77 bits per heavy atom. The van der Waals surface area contributed by atoms with Gasteiger partial charge in [-0.2, -0.15) is 0 Å². The molecule has 1 rings (SSSR count). The first-order valence-corrected chi connectivity index (χ1v) is 8.68. The van der Waals surface area contributed by atoms with E-state index < -0.39 is 0 Å². The van der Waals surface area contributed by atoms with Crippen LogP contribution in [-0.2, 0) is 4.79 Å². The summed E-state index contributed by atoms with van der Waals surface area (Å²) in [4.78, 5) is 14.3. The van der Waals surface area contributed by atoms with Crippen molar-refractivity contribution in [3.8, 4) is 0 Å². The average molecular weight is 312 g/mol. The molecular formula is C18H36N2O2. The van der Waals surface area contributed by atoms with Gasteiger partial charge in [0.25, 0.3) is 0 Å². The number of rotatable bonds is 6. The number of hydrogen-bond acceptors (Lipinski definition) is 3. The van der Waals surface area contributed by atoms with Crippen LogP contribution < -0.4 is 5.32 Å².